The van der Waals surface area contributed by atoms with Crippen molar-refractivity contribution in [3.8, 4) is 0 Å². The molecule has 2 heterocycles. The summed E-state index contributed by atoms with van der Waals surface area (Å²) < 4.78 is 16.3. The first-order valence-electron chi connectivity index (χ1n) is 5.47. The average molecular weight is 231 g/mol. The van der Waals surface area contributed by atoms with Crippen LogP contribution in [0.25, 0.3) is 0 Å². The molecule has 6 nitrogen and oxygen atoms in total. The van der Waals surface area contributed by atoms with Crippen molar-refractivity contribution in [1.29, 1.82) is 0 Å². The molecule has 2 unspecified atom stereocenters. The van der Waals surface area contributed by atoms with Crippen LogP contribution in [0.3, 0.4) is 0 Å². The van der Waals surface area contributed by atoms with Crippen molar-refractivity contribution in [3.63, 3.8) is 0 Å². The van der Waals surface area contributed by atoms with Crippen LogP contribution < -0.4 is 5.32 Å². The predicted octanol–water partition coefficient (Wildman–Crippen LogP) is -0.988. The lowest BCUT2D eigenvalue weighted by Crippen LogP contribution is -2.61. The fourth-order valence-corrected chi connectivity index (χ4v) is 2.17. The fraction of sp³-hybridized carbons (Fsp3) is 0.900. The van der Waals surface area contributed by atoms with Crippen molar-refractivity contribution >= 4 is 5.91 Å². The second-order valence-electron chi connectivity index (χ2n) is 4.01. The van der Waals surface area contributed by atoms with Gasteiger partial charge in [-0.2, -0.15) is 0 Å². The lowest BCUT2D eigenvalue weighted by atomic mass is 9.98. The van der Waals surface area contributed by atoms with E-state index < -0.39 is 24.5 Å². The van der Waals surface area contributed by atoms with Crippen molar-refractivity contribution < 1.29 is 24.1 Å². The predicted molar refractivity (Wildman–Crippen MR) is 53.6 cm³/mol. The number of hydrogen-bond donors (Lipinski definition) is 2. The molecule has 2 saturated heterocycles. The third-order valence-corrected chi connectivity index (χ3v) is 2.83. The topological polar surface area (TPSA) is 77.0 Å². The van der Waals surface area contributed by atoms with E-state index in [1.54, 1.807) is 0 Å². The molecule has 2 rings (SSSR count). The van der Waals surface area contributed by atoms with Gasteiger partial charge in [0.15, 0.2) is 6.29 Å². The minimum Gasteiger partial charge on any atom is -0.388 e. The van der Waals surface area contributed by atoms with Gasteiger partial charge in [0.25, 0.3) is 0 Å². The highest BCUT2D eigenvalue weighted by Crippen LogP contribution is 2.29. The number of ether oxygens (including phenoxy) is 3. The van der Waals surface area contributed by atoms with Crippen molar-refractivity contribution in [3.05, 3.63) is 0 Å². The van der Waals surface area contributed by atoms with Crippen LogP contribution >= 0.6 is 0 Å². The third kappa shape index (κ3) is 2.06. The van der Waals surface area contributed by atoms with Crippen molar-refractivity contribution in [2.45, 2.75) is 44.5 Å². The fourth-order valence-electron chi connectivity index (χ4n) is 2.17. The summed E-state index contributed by atoms with van der Waals surface area (Å²) in [5.74, 6) is -0.195. The van der Waals surface area contributed by atoms with Gasteiger partial charge in [-0.1, -0.05) is 0 Å². The molecule has 16 heavy (non-hydrogen) atoms. The number of amides is 1. The Morgan fingerprint density at radius 3 is 3.00 bits per heavy atom. The summed E-state index contributed by atoms with van der Waals surface area (Å²) >= 11 is 0. The summed E-state index contributed by atoms with van der Waals surface area (Å²) in [6.45, 7) is 4.06. The van der Waals surface area contributed by atoms with Gasteiger partial charge in [0.05, 0.1) is 6.61 Å². The van der Waals surface area contributed by atoms with E-state index in [2.05, 4.69) is 5.32 Å². The van der Waals surface area contributed by atoms with E-state index in [4.69, 9.17) is 14.2 Å². The van der Waals surface area contributed by atoms with Crippen LogP contribution in [0.2, 0.25) is 0 Å². The summed E-state index contributed by atoms with van der Waals surface area (Å²) in [6.07, 6.45) is -2.11. The molecule has 2 N–H and O–H groups in total. The lowest BCUT2D eigenvalue weighted by Gasteiger charge is -2.38. The minimum absolute atomic E-state index is 0.195. The zero-order valence-corrected chi connectivity index (χ0v) is 9.38. The van der Waals surface area contributed by atoms with E-state index in [0.717, 1.165) is 0 Å². The van der Waals surface area contributed by atoms with E-state index in [1.807, 2.05) is 6.92 Å². The van der Waals surface area contributed by atoms with Gasteiger partial charge in [-0.25, -0.2) is 0 Å². The zero-order valence-electron chi connectivity index (χ0n) is 9.38. The molecule has 5 atom stereocenters. The molecule has 1 amide bonds. The molecule has 6 heteroatoms. The van der Waals surface area contributed by atoms with Crippen molar-refractivity contribution in [2.24, 2.45) is 0 Å². The van der Waals surface area contributed by atoms with E-state index in [1.165, 1.54) is 6.92 Å². The van der Waals surface area contributed by atoms with Crippen molar-refractivity contribution in [1.82, 2.24) is 5.32 Å². The molecule has 0 radical (unpaired) electrons. The Balaban J connectivity index is 2.12. The highest BCUT2D eigenvalue weighted by molar-refractivity contribution is 5.73. The second kappa shape index (κ2) is 4.67. The molecule has 0 aliphatic carbocycles. The van der Waals surface area contributed by atoms with Gasteiger partial charge in [0, 0.05) is 13.5 Å². The molecule has 92 valence electrons. The molecule has 0 aromatic carbocycles. The summed E-state index contributed by atoms with van der Waals surface area (Å²) in [5.41, 5.74) is 0. The van der Waals surface area contributed by atoms with Crippen LogP contribution in [-0.2, 0) is 19.0 Å². The van der Waals surface area contributed by atoms with Crippen LogP contribution in [0.15, 0.2) is 0 Å². The first-order valence-corrected chi connectivity index (χ1v) is 5.47. The van der Waals surface area contributed by atoms with E-state index in [9.17, 15) is 9.90 Å². The molecule has 2 aliphatic rings. The molecule has 2 fully saturated rings. The van der Waals surface area contributed by atoms with E-state index in [0.29, 0.717) is 13.2 Å². The van der Waals surface area contributed by atoms with E-state index >= 15 is 0 Å². The van der Waals surface area contributed by atoms with Crippen LogP contribution in [0, 0.1) is 0 Å². The smallest absolute Gasteiger partial charge is 0.217 e. The Labute approximate surface area is 93.9 Å². The Kier molecular flexibility index (Phi) is 3.44. The number of fused-ring (bicyclic) bond motifs is 2. The maximum absolute atomic E-state index is 11.1. The lowest BCUT2D eigenvalue weighted by molar-refractivity contribution is -0.199. The van der Waals surface area contributed by atoms with Gasteiger partial charge in [0.2, 0.25) is 5.91 Å². The molecule has 0 aromatic heterocycles. The molecule has 0 spiro atoms. The monoisotopic (exact) mass is 231 g/mol. The summed E-state index contributed by atoms with van der Waals surface area (Å²) in [6, 6.07) is -0.453. The van der Waals surface area contributed by atoms with Gasteiger partial charge in [-0.15, -0.1) is 0 Å². The molecule has 0 saturated carbocycles. The van der Waals surface area contributed by atoms with Crippen LogP contribution in [0.5, 0.6) is 0 Å². The van der Waals surface area contributed by atoms with Gasteiger partial charge < -0.3 is 24.6 Å². The standard InChI is InChI=1S/C10H17NO5/c1-3-14-9-7(11-5(2)12)10-15-4-6(16-10)8(9)13/h6-10,13H,3-4H2,1-2H3,(H,11,12)/t6?,7?,8-,9+,10-/m1/s1. The number of aliphatic hydroxyl groups is 1. The molecule has 2 bridgehead atoms. The molecule has 2 aliphatic heterocycles. The second-order valence-corrected chi connectivity index (χ2v) is 4.01. The van der Waals surface area contributed by atoms with Gasteiger partial charge in [-0.3, -0.25) is 4.79 Å². The SMILES string of the molecule is CCO[C@H]1C(NC(C)=O)[C@@H]2OCC(O2)[C@H]1O. The third-order valence-electron chi connectivity index (χ3n) is 2.83. The average Bonchev–Trinajstić information content (AvgIpc) is 2.66. The number of carbonyl (C=O) groups is 1. The van der Waals surface area contributed by atoms with Crippen LogP contribution in [-0.4, -0.2) is 54.9 Å². The Morgan fingerprint density at radius 2 is 2.38 bits per heavy atom. The van der Waals surface area contributed by atoms with Gasteiger partial charge in [-0.05, 0) is 6.92 Å². The van der Waals surface area contributed by atoms with Crippen molar-refractivity contribution in [2.75, 3.05) is 13.2 Å². The number of aliphatic hydroxyl groups excluding tert-OH is 1. The highest BCUT2D eigenvalue weighted by atomic mass is 16.7. The molecule has 0 aromatic rings. The van der Waals surface area contributed by atoms with E-state index in [-0.39, 0.29) is 12.0 Å². The number of hydrogen-bond acceptors (Lipinski definition) is 5. The number of carbonyl (C=O) groups excluding carboxylic acids is 1. The minimum atomic E-state index is -0.768. The molecular weight excluding hydrogens is 214 g/mol. The quantitative estimate of drug-likeness (QED) is 0.652. The summed E-state index contributed by atoms with van der Waals surface area (Å²) in [7, 11) is 0. The Hall–Kier alpha value is -0.690. The van der Waals surface area contributed by atoms with Gasteiger partial charge in [0.1, 0.15) is 24.4 Å². The number of rotatable bonds is 3. The largest absolute Gasteiger partial charge is 0.388 e. The maximum atomic E-state index is 11.1. The normalized spacial score (nSPS) is 42.1. The molecular formula is C10H17NO5. The summed E-state index contributed by atoms with van der Waals surface area (Å²) in [5, 5.41) is 12.7. The first-order chi connectivity index (χ1) is 7.63. The summed E-state index contributed by atoms with van der Waals surface area (Å²) in [4.78, 5) is 11.1. The zero-order chi connectivity index (χ0) is 11.7. The first kappa shape index (κ1) is 11.8. The Bertz CT molecular complexity index is 272. The number of nitrogens with one attached hydrogen (secondary N) is 1. The highest BCUT2D eigenvalue weighted by Gasteiger charge is 2.50. The van der Waals surface area contributed by atoms with Gasteiger partial charge >= 0.3 is 0 Å². The maximum Gasteiger partial charge on any atom is 0.217 e. The van der Waals surface area contributed by atoms with Crippen LogP contribution in [0.4, 0.5) is 0 Å². The Morgan fingerprint density at radius 1 is 1.62 bits per heavy atom. The van der Waals surface area contributed by atoms with Crippen LogP contribution in [0.1, 0.15) is 13.8 Å².